The number of amides is 4. The summed E-state index contributed by atoms with van der Waals surface area (Å²) in [5.74, 6) is 6.56. The molecule has 4 aliphatic heterocycles. The maximum atomic E-state index is 13.2. The number of aromatic nitrogens is 12. The number of hydrogen-bond donors (Lipinski definition) is 1. The van der Waals surface area contributed by atoms with E-state index in [0.29, 0.717) is 24.9 Å². The van der Waals surface area contributed by atoms with E-state index >= 15 is 0 Å². The van der Waals surface area contributed by atoms with Gasteiger partial charge in [0.1, 0.15) is 58.4 Å². The van der Waals surface area contributed by atoms with Crippen LogP contribution in [0.3, 0.4) is 0 Å². The van der Waals surface area contributed by atoms with E-state index in [1.165, 1.54) is 62.5 Å². The van der Waals surface area contributed by atoms with Crippen LogP contribution in [0.1, 0.15) is 158 Å². The summed E-state index contributed by atoms with van der Waals surface area (Å²) >= 11 is 3.48. The predicted octanol–water partition coefficient (Wildman–Crippen LogP) is 15.1. The lowest BCUT2D eigenvalue weighted by Gasteiger charge is -2.23. The van der Waals surface area contributed by atoms with Crippen molar-refractivity contribution in [3.05, 3.63) is 154 Å². The van der Waals surface area contributed by atoms with Gasteiger partial charge in [0.05, 0.1) is 32.8 Å². The first-order valence-corrected chi connectivity index (χ1v) is 36.6. The van der Waals surface area contributed by atoms with Gasteiger partial charge in [0.25, 0.3) is 0 Å². The molecule has 10 heterocycles. The van der Waals surface area contributed by atoms with Crippen LogP contribution in [0.15, 0.2) is 115 Å². The van der Waals surface area contributed by atoms with Gasteiger partial charge in [-0.05, 0) is 182 Å². The number of halogens is 1. The van der Waals surface area contributed by atoms with Crippen molar-refractivity contribution in [1.29, 1.82) is 0 Å². The highest BCUT2D eigenvalue weighted by molar-refractivity contribution is 9.10. The Kier molecular flexibility index (Phi) is 17.0. The number of nitrogens with one attached hydrogen (secondary N) is 1. The average Bonchev–Trinajstić information content (AvgIpc) is 1.59. The van der Waals surface area contributed by atoms with E-state index in [9.17, 15) is 19.2 Å². The van der Waals surface area contributed by atoms with Gasteiger partial charge in [0, 0.05) is 97.4 Å². The smallest absolute Gasteiger partial charge is 0.237 e. The Balaban J connectivity index is 0.000000115. The first-order valence-electron chi connectivity index (χ1n) is 35.8. The molecule has 6 aromatic heterocycles. The summed E-state index contributed by atoms with van der Waals surface area (Å²) in [4.78, 5) is 102. The van der Waals surface area contributed by atoms with Crippen LogP contribution in [-0.4, -0.2) is 104 Å². The number of imidazole rings is 2. The Hall–Kier alpha value is -9.50. The lowest BCUT2D eigenvalue weighted by Crippen LogP contribution is -2.36. The predicted molar refractivity (Wildman–Crippen MR) is 397 cm³/mol. The lowest BCUT2D eigenvalue weighted by atomic mass is 9.78. The Labute approximate surface area is 597 Å². The molecule has 518 valence electrons. The van der Waals surface area contributed by atoms with Crippen molar-refractivity contribution in [2.45, 2.75) is 174 Å². The minimum absolute atomic E-state index is 0.160. The van der Waals surface area contributed by atoms with Gasteiger partial charge in [0.15, 0.2) is 11.3 Å². The number of likely N-dealkylation sites (N-methyl/N-ethyl adjacent to an activating group) is 3. The number of carbonyl (C=O) groups excluding carboxylic acids is 4. The van der Waals surface area contributed by atoms with Gasteiger partial charge in [-0.2, -0.15) is 0 Å². The first-order chi connectivity index (χ1) is 48.4. The van der Waals surface area contributed by atoms with Gasteiger partial charge in [0.2, 0.25) is 23.6 Å². The number of fused-ring (bicyclic) bond motifs is 6. The third kappa shape index (κ3) is 12.1. The fourth-order valence-electron chi connectivity index (χ4n) is 16.2. The second-order valence-corrected chi connectivity index (χ2v) is 31.2. The maximum Gasteiger partial charge on any atom is 0.237 e. The van der Waals surface area contributed by atoms with Crippen molar-refractivity contribution in [2.75, 3.05) is 41.2 Å². The molecule has 1 N–H and O–H groups in total. The molecule has 4 aromatic carbocycles. The zero-order chi connectivity index (χ0) is 70.8. The quantitative estimate of drug-likeness (QED) is 0.107. The Morgan fingerprint density at radius 1 is 0.446 bits per heavy atom. The van der Waals surface area contributed by atoms with E-state index in [0.717, 1.165) is 161 Å². The van der Waals surface area contributed by atoms with E-state index in [-0.39, 0.29) is 34.5 Å². The zero-order valence-electron chi connectivity index (χ0n) is 59.8. The van der Waals surface area contributed by atoms with Gasteiger partial charge < -0.3 is 29.2 Å². The summed E-state index contributed by atoms with van der Waals surface area (Å²) in [6, 6.07) is 24.8. The third-order valence-electron chi connectivity index (χ3n) is 22.6. The van der Waals surface area contributed by atoms with Gasteiger partial charge in [-0.15, -0.1) is 0 Å². The normalized spacial score (nSPS) is 22.3. The molecule has 18 rings (SSSR count). The number of anilines is 4. The Morgan fingerprint density at radius 3 is 1.21 bits per heavy atom. The molecular weight excluding hydrogens is 1330 g/mol. The molecule has 0 bridgehead atoms. The number of hydrogen-bond acceptors (Lipinski definition) is 14. The van der Waals surface area contributed by atoms with E-state index in [2.05, 4.69) is 155 Å². The highest BCUT2D eigenvalue weighted by atomic mass is 79.9. The van der Waals surface area contributed by atoms with E-state index in [4.69, 9.17) is 9.97 Å². The summed E-state index contributed by atoms with van der Waals surface area (Å²) in [5.41, 5.74) is 16.4. The molecule has 4 unspecified atom stereocenters. The molecule has 20 nitrogen and oxygen atoms in total. The number of rotatable bonds is 14. The van der Waals surface area contributed by atoms with Crippen LogP contribution in [0.2, 0.25) is 0 Å². The summed E-state index contributed by atoms with van der Waals surface area (Å²) in [7, 11) is 5.65. The SMILES string of the molecule is CC1(CC2CC2)C(=O)Nc2ccc(Br)cc21.CCn1c(-c2cnc(C)nc2)nc2c(-c3ccc4c(c3)C(C)(CC3CC3)C(=O)N4C)ncnc21.CCn1c(-c2cnc(C)nc2)nc2c(-c3ccc4c(c3)C(C)(CC3CC3)C(=O)N4C)ncnc21.Cc1ccc2c(c1)C(C)(CC1CC1)C(=O)N2C. The van der Waals surface area contributed by atoms with E-state index in [1.807, 2.05) is 76.3 Å². The van der Waals surface area contributed by atoms with Crippen LogP contribution >= 0.6 is 15.9 Å². The van der Waals surface area contributed by atoms with Gasteiger partial charge in [-0.3, -0.25) is 19.2 Å². The fraction of sp³-hybridized carbons (Fsp3) is 0.425. The standard InChI is InChI=1S/2C26H27N7O.C15H19NO.C13H14BrNO/c2*1-5-33-23(18-12-27-15(2)28-13-18)31-22-21(29-14-30-24(22)33)17-8-9-20-19(10-17)26(3,11-16-6-7-16)25(34)32(20)4;1-10-4-7-13-12(8-10)15(2,9-11-5-6-11)14(17)16(13)3;1-13(7-8-2-3-8)10-6-9(14)4-5-11(10)15-12(13)16/h2*8-10,12-14,16H,5-7,11H2,1-4H3;4,7-8,11H,5-6,9H2,1-3H3;4-6,8H,2-3,7H2,1H3,(H,15,16). The Bertz CT molecular complexity index is 4780. The zero-order valence-corrected chi connectivity index (χ0v) is 61.4. The second kappa shape index (κ2) is 25.5. The van der Waals surface area contributed by atoms with E-state index in [1.54, 1.807) is 47.2 Å². The van der Waals surface area contributed by atoms with Crippen molar-refractivity contribution in [2.24, 2.45) is 23.7 Å². The molecule has 101 heavy (non-hydrogen) atoms. The summed E-state index contributed by atoms with van der Waals surface area (Å²) in [6.07, 6.45) is 24.2. The monoisotopic (exact) mass is 1410 g/mol. The van der Waals surface area contributed by atoms with E-state index < -0.39 is 10.8 Å². The molecule has 8 aliphatic rings. The summed E-state index contributed by atoms with van der Waals surface area (Å²) in [6.45, 7) is 19.8. The summed E-state index contributed by atoms with van der Waals surface area (Å²) < 4.78 is 5.18. The second-order valence-electron chi connectivity index (χ2n) is 30.3. The molecular formula is C80H87BrN16O4. The molecule has 4 amide bonds. The number of nitrogens with zero attached hydrogens (tertiary/aromatic N) is 15. The van der Waals surface area contributed by atoms with Crippen molar-refractivity contribution >= 4 is 84.6 Å². The highest BCUT2D eigenvalue weighted by Gasteiger charge is 2.52. The summed E-state index contributed by atoms with van der Waals surface area (Å²) in [5, 5.41) is 2.99. The Morgan fingerprint density at radius 2 is 0.822 bits per heavy atom. The molecule has 10 aromatic rings. The van der Waals surface area contributed by atoms with Gasteiger partial charge >= 0.3 is 0 Å². The third-order valence-corrected chi connectivity index (χ3v) is 23.1. The molecule has 21 heteroatoms. The van der Waals surface area contributed by atoms with Crippen LogP contribution in [0.5, 0.6) is 0 Å². The molecule has 4 aliphatic carbocycles. The topological polar surface area (TPSA) is 229 Å². The molecule has 4 atom stereocenters. The van der Waals surface area contributed by atoms with Crippen LogP contribution in [0, 0.1) is 44.4 Å². The maximum absolute atomic E-state index is 13.2. The fourth-order valence-corrected chi connectivity index (χ4v) is 16.6. The van der Waals surface area contributed by atoms with Crippen molar-refractivity contribution in [1.82, 2.24) is 59.0 Å². The van der Waals surface area contributed by atoms with Crippen LogP contribution in [-0.2, 0) is 53.9 Å². The molecule has 0 radical (unpaired) electrons. The lowest BCUT2D eigenvalue weighted by molar-refractivity contribution is -0.123. The van der Waals surface area contributed by atoms with Crippen LogP contribution in [0.25, 0.3) is 67.6 Å². The van der Waals surface area contributed by atoms with Crippen LogP contribution < -0.4 is 20.0 Å². The van der Waals surface area contributed by atoms with Crippen molar-refractivity contribution in [3.8, 4) is 45.3 Å². The van der Waals surface area contributed by atoms with Crippen molar-refractivity contribution in [3.63, 3.8) is 0 Å². The minimum Gasteiger partial charge on any atom is -0.325 e. The van der Waals surface area contributed by atoms with Gasteiger partial charge in [-0.1, -0.05) is 97.1 Å². The highest BCUT2D eigenvalue weighted by Crippen LogP contribution is 2.54. The minimum atomic E-state index is -0.499. The average molecular weight is 1420 g/mol. The molecule has 4 fully saturated rings. The number of benzene rings is 4. The van der Waals surface area contributed by atoms with Crippen molar-refractivity contribution < 1.29 is 19.2 Å². The molecule has 0 spiro atoms. The largest absolute Gasteiger partial charge is 0.325 e. The molecule has 4 saturated carbocycles. The molecule has 0 saturated heterocycles. The van der Waals surface area contributed by atoms with Gasteiger partial charge in [-0.25, -0.2) is 49.8 Å². The first kappa shape index (κ1) is 67.3. The number of aryl methyl sites for hydroxylation is 5. The number of carbonyl (C=O) groups is 4. The van der Waals surface area contributed by atoms with Crippen LogP contribution in [0.4, 0.5) is 22.7 Å².